The Labute approximate surface area is 131 Å². The van der Waals surface area contributed by atoms with Crippen molar-refractivity contribution >= 4 is 17.4 Å². The summed E-state index contributed by atoms with van der Waals surface area (Å²) in [5.74, 6) is 1.00. The van der Waals surface area contributed by atoms with Crippen molar-refractivity contribution in [3.63, 3.8) is 0 Å². The molecular weight excluding hydrogens is 276 g/mol. The molecule has 0 atom stereocenters. The van der Waals surface area contributed by atoms with E-state index >= 15 is 0 Å². The maximum Gasteiger partial charge on any atom is 0.323 e. The summed E-state index contributed by atoms with van der Waals surface area (Å²) in [5.41, 5.74) is 2.59. The maximum absolute atomic E-state index is 12.2. The van der Waals surface area contributed by atoms with Crippen molar-refractivity contribution in [2.45, 2.75) is 26.7 Å². The molecule has 2 rings (SSSR count). The van der Waals surface area contributed by atoms with Gasteiger partial charge in [-0.1, -0.05) is 44.2 Å². The molecule has 0 heterocycles. The molecule has 2 aromatic rings. The Morgan fingerprint density at radius 2 is 1.59 bits per heavy atom. The van der Waals surface area contributed by atoms with Gasteiger partial charge in [0.15, 0.2) is 0 Å². The van der Waals surface area contributed by atoms with Gasteiger partial charge in [-0.25, -0.2) is 4.79 Å². The van der Waals surface area contributed by atoms with Crippen LogP contribution < -0.4 is 15.4 Å². The normalized spacial score (nSPS) is 10.4. The number of ether oxygens (including phenoxy) is 1. The summed E-state index contributed by atoms with van der Waals surface area (Å²) in [5, 5.41) is 5.74. The molecule has 0 saturated carbocycles. The number of para-hydroxylation sites is 3. The summed E-state index contributed by atoms with van der Waals surface area (Å²) in [6, 6.07) is 14.9. The molecule has 22 heavy (non-hydrogen) atoms. The summed E-state index contributed by atoms with van der Waals surface area (Å²) in [7, 11) is 0. The number of hydrogen-bond acceptors (Lipinski definition) is 2. The molecule has 0 aliphatic carbocycles. The van der Waals surface area contributed by atoms with Gasteiger partial charge in [0.05, 0.1) is 12.3 Å². The quantitative estimate of drug-likeness (QED) is 0.828. The van der Waals surface area contributed by atoms with Crippen LogP contribution in [0.25, 0.3) is 0 Å². The Kier molecular flexibility index (Phi) is 5.42. The first-order valence-electron chi connectivity index (χ1n) is 7.50. The lowest BCUT2D eigenvalue weighted by Gasteiger charge is -2.15. The van der Waals surface area contributed by atoms with Crippen LogP contribution in [0.2, 0.25) is 0 Å². The minimum absolute atomic E-state index is 0.278. The van der Waals surface area contributed by atoms with Crippen LogP contribution in [0.1, 0.15) is 32.3 Å². The van der Waals surface area contributed by atoms with Crippen molar-refractivity contribution in [2.75, 3.05) is 17.2 Å². The Bertz CT molecular complexity index is 638. The van der Waals surface area contributed by atoms with Crippen molar-refractivity contribution in [1.29, 1.82) is 0 Å². The second-order valence-electron chi connectivity index (χ2n) is 5.25. The minimum Gasteiger partial charge on any atom is -0.492 e. The van der Waals surface area contributed by atoms with Crippen LogP contribution in [0.3, 0.4) is 0 Å². The van der Waals surface area contributed by atoms with E-state index in [1.807, 2.05) is 55.5 Å². The molecule has 0 bridgehead atoms. The Morgan fingerprint density at radius 3 is 2.27 bits per heavy atom. The molecule has 2 N–H and O–H groups in total. The number of urea groups is 1. The summed E-state index contributed by atoms with van der Waals surface area (Å²) in [6.07, 6.45) is 0. The number of anilines is 2. The Balaban J connectivity index is 2.11. The number of benzene rings is 2. The summed E-state index contributed by atoms with van der Waals surface area (Å²) in [4.78, 5) is 12.2. The van der Waals surface area contributed by atoms with Gasteiger partial charge in [0.2, 0.25) is 0 Å². The number of nitrogens with one attached hydrogen (secondary N) is 2. The standard InChI is InChI=1S/C18H22N2O2/c1-4-22-17-12-8-7-11-16(17)20-18(21)19-15-10-6-5-9-14(15)13(2)3/h5-13H,4H2,1-3H3,(H2,19,20,21). The number of rotatable bonds is 5. The zero-order valence-electron chi connectivity index (χ0n) is 13.2. The van der Waals surface area contributed by atoms with Crippen molar-refractivity contribution < 1.29 is 9.53 Å². The SMILES string of the molecule is CCOc1ccccc1NC(=O)Nc1ccccc1C(C)C. The average molecular weight is 298 g/mol. The molecule has 0 radical (unpaired) electrons. The third kappa shape index (κ3) is 4.01. The van der Waals surface area contributed by atoms with Crippen molar-refractivity contribution in [3.8, 4) is 5.75 Å². The first-order chi connectivity index (χ1) is 10.6. The van der Waals surface area contributed by atoms with E-state index in [-0.39, 0.29) is 6.03 Å². The van der Waals surface area contributed by atoms with E-state index < -0.39 is 0 Å². The van der Waals surface area contributed by atoms with E-state index in [4.69, 9.17) is 4.74 Å². The topological polar surface area (TPSA) is 50.4 Å². The number of hydrogen-bond donors (Lipinski definition) is 2. The van der Waals surface area contributed by atoms with Crippen LogP contribution in [0.15, 0.2) is 48.5 Å². The molecule has 2 amide bonds. The van der Waals surface area contributed by atoms with Crippen LogP contribution in [0.4, 0.5) is 16.2 Å². The van der Waals surface area contributed by atoms with Crippen molar-refractivity contribution in [2.24, 2.45) is 0 Å². The maximum atomic E-state index is 12.2. The van der Waals surface area contributed by atoms with Gasteiger partial charge in [-0.15, -0.1) is 0 Å². The van der Waals surface area contributed by atoms with Gasteiger partial charge in [-0.3, -0.25) is 0 Å². The molecule has 0 unspecified atom stereocenters. The van der Waals surface area contributed by atoms with E-state index in [0.29, 0.717) is 24.0 Å². The average Bonchev–Trinajstić information content (AvgIpc) is 2.50. The second-order valence-corrected chi connectivity index (χ2v) is 5.25. The highest BCUT2D eigenvalue weighted by molar-refractivity contribution is 6.01. The highest BCUT2D eigenvalue weighted by Crippen LogP contribution is 2.26. The largest absolute Gasteiger partial charge is 0.492 e. The first-order valence-corrected chi connectivity index (χ1v) is 7.50. The van der Waals surface area contributed by atoms with Crippen molar-refractivity contribution in [3.05, 3.63) is 54.1 Å². The van der Waals surface area contributed by atoms with Crippen LogP contribution in [-0.4, -0.2) is 12.6 Å². The van der Waals surface area contributed by atoms with Crippen molar-refractivity contribution in [1.82, 2.24) is 0 Å². The van der Waals surface area contributed by atoms with Gasteiger partial charge >= 0.3 is 6.03 Å². The van der Waals surface area contributed by atoms with E-state index in [1.54, 1.807) is 0 Å². The number of carbonyl (C=O) groups excluding carboxylic acids is 1. The second kappa shape index (κ2) is 7.50. The molecule has 0 aliphatic rings. The van der Waals surface area contributed by atoms with E-state index in [0.717, 1.165) is 11.3 Å². The zero-order valence-corrected chi connectivity index (χ0v) is 13.2. The van der Waals surface area contributed by atoms with E-state index in [9.17, 15) is 4.79 Å². The Morgan fingerprint density at radius 1 is 1.00 bits per heavy atom. The predicted octanol–water partition coefficient (Wildman–Crippen LogP) is 4.85. The molecule has 0 aliphatic heterocycles. The highest BCUT2D eigenvalue weighted by Gasteiger charge is 2.11. The molecule has 116 valence electrons. The van der Waals surface area contributed by atoms with Gasteiger partial charge in [0, 0.05) is 5.69 Å². The van der Waals surface area contributed by atoms with Gasteiger partial charge in [0.1, 0.15) is 5.75 Å². The van der Waals surface area contributed by atoms with Crippen LogP contribution in [0.5, 0.6) is 5.75 Å². The van der Waals surface area contributed by atoms with E-state index in [1.165, 1.54) is 0 Å². The van der Waals surface area contributed by atoms with Gasteiger partial charge in [0.25, 0.3) is 0 Å². The fourth-order valence-corrected chi connectivity index (χ4v) is 2.24. The number of amides is 2. The summed E-state index contributed by atoms with van der Waals surface area (Å²) in [6.45, 7) is 6.66. The minimum atomic E-state index is -0.278. The Hall–Kier alpha value is -2.49. The van der Waals surface area contributed by atoms with Gasteiger partial charge < -0.3 is 15.4 Å². The summed E-state index contributed by atoms with van der Waals surface area (Å²) >= 11 is 0. The molecule has 0 spiro atoms. The molecule has 0 saturated heterocycles. The summed E-state index contributed by atoms with van der Waals surface area (Å²) < 4.78 is 5.51. The number of carbonyl (C=O) groups is 1. The predicted molar refractivity (Wildman–Crippen MR) is 90.8 cm³/mol. The molecule has 4 nitrogen and oxygen atoms in total. The van der Waals surface area contributed by atoms with Gasteiger partial charge in [-0.2, -0.15) is 0 Å². The molecule has 0 aromatic heterocycles. The molecular formula is C18H22N2O2. The van der Waals surface area contributed by atoms with Gasteiger partial charge in [-0.05, 0) is 36.6 Å². The molecule has 2 aromatic carbocycles. The lowest BCUT2D eigenvalue weighted by Crippen LogP contribution is -2.20. The monoisotopic (exact) mass is 298 g/mol. The fourth-order valence-electron chi connectivity index (χ4n) is 2.24. The van der Waals surface area contributed by atoms with E-state index in [2.05, 4.69) is 24.5 Å². The smallest absolute Gasteiger partial charge is 0.323 e. The van der Waals surface area contributed by atoms with Crippen LogP contribution >= 0.6 is 0 Å². The van der Waals surface area contributed by atoms with Crippen LogP contribution in [0, 0.1) is 0 Å². The zero-order chi connectivity index (χ0) is 15.9. The lowest BCUT2D eigenvalue weighted by atomic mass is 10.0. The van der Waals surface area contributed by atoms with Crippen LogP contribution in [-0.2, 0) is 0 Å². The third-order valence-electron chi connectivity index (χ3n) is 3.27. The highest BCUT2D eigenvalue weighted by atomic mass is 16.5. The lowest BCUT2D eigenvalue weighted by molar-refractivity contribution is 0.262. The molecule has 0 fully saturated rings. The first kappa shape index (κ1) is 15.9. The fraction of sp³-hybridized carbons (Fsp3) is 0.278. The molecule has 4 heteroatoms. The third-order valence-corrected chi connectivity index (χ3v) is 3.27.